The van der Waals surface area contributed by atoms with Crippen LogP contribution >= 0.6 is 0 Å². The van der Waals surface area contributed by atoms with Crippen molar-refractivity contribution in [3.8, 4) is 0 Å². The Morgan fingerprint density at radius 3 is 2.17 bits per heavy atom. The minimum absolute atomic E-state index is 0.203. The zero-order chi connectivity index (χ0) is 16.4. The van der Waals surface area contributed by atoms with Crippen LogP contribution in [0.25, 0.3) is 0 Å². The van der Waals surface area contributed by atoms with Crippen LogP contribution in [0.1, 0.15) is 46.4 Å². The van der Waals surface area contributed by atoms with E-state index in [1.54, 1.807) is 24.3 Å². The number of amides is 3. The molecule has 6 nitrogen and oxygen atoms in total. The maximum Gasteiger partial charge on any atom is 0.407 e. The number of carbonyl (C=O) groups excluding carboxylic acids is 2. The van der Waals surface area contributed by atoms with E-state index in [9.17, 15) is 14.4 Å². The summed E-state index contributed by atoms with van der Waals surface area (Å²) in [5.41, 5.74) is 0.986. The van der Waals surface area contributed by atoms with Crippen molar-refractivity contribution in [1.29, 1.82) is 0 Å². The predicted molar refractivity (Wildman–Crippen MR) is 83.4 cm³/mol. The molecule has 0 spiro atoms. The molecular weight excluding hydrogens is 296 g/mol. The van der Waals surface area contributed by atoms with E-state index < -0.39 is 6.09 Å². The zero-order valence-corrected chi connectivity index (χ0v) is 12.9. The van der Waals surface area contributed by atoms with Crippen LogP contribution < -0.4 is 0 Å². The largest absolute Gasteiger partial charge is 0.465 e. The molecule has 2 aliphatic rings. The molecule has 1 saturated heterocycles. The van der Waals surface area contributed by atoms with Crippen molar-refractivity contribution >= 4 is 17.9 Å². The summed E-state index contributed by atoms with van der Waals surface area (Å²) in [5, 5.41) is 8.93. The minimum Gasteiger partial charge on any atom is -0.465 e. The Morgan fingerprint density at radius 1 is 1.09 bits per heavy atom. The maximum absolute atomic E-state index is 12.2. The van der Waals surface area contributed by atoms with Crippen molar-refractivity contribution < 1.29 is 19.5 Å². The number of hydrogen-bond acceptors (Lipinski definition) is 3. The summed E-state index contributed by atoms with van der Waals surface area (Å²) in [6, 6.07) is 6.92. The van der Waals surface area contributed by atoms with Crippen molar-refractivity contribution in [2.75, 3.05) is 19.6 Å². The molecular formula is C17H20N2O4. The Labute approximate surface area is 134 Å². The number of hydrogen-bond donors (Lipinski definition) is 1. The normalized spacial score (nSPS) is 18.4. The van der Waals surface area contributed by atoms with Gasteiger partial charge in [-0.1, -0.05) is 12.1 Å². The van der Waals surface area contributed by atoms with Crippen molar-refractivity contribution in [3.05, 3.63) is 35.4 Å². The Balaban J connectivity index is 1.48. The number of rotatable bonds is 4. The highest BCUT2D eigenvalue weighted by Gasteiger charge is 2.34. The minimum atomic E-state index is -0.852. The van der Waals surface area contributed by atoms with Gasteiger partial charge < -0.3 is 10.0 Å². The number of nitrogens with zero attached hydrogens (tertiary/aromatic N) is 2. The van der Waals surface area contributed by atoms with Crippen LogP contribution in [0.4, 0.5) is 4.79 Å². The van der Waals surface area contributed by atoms with E-state index in [0.29, 0.717) is 36.7 Å². The monoisotopic (exact) mass is 316 g/mol. The van der Waals surface area contributed by atoms with Gasteiger partial charge >= 0.3 is 6.09 Å². The van der Waals surface area contributed by atoms with E-state index in [2.05, 4.69) is 0 Å². The molecule has 0 aliphatic carbocycles. The number of carboxylic acid groups (broad SMARTS) is 1. The van der Waals surface area contributed by atoms with Crippen LogP contribution in [0.3, 0.4) is 0 Å². The third kappa shape index (κ3) is 3.06. The second-order valence-corrected chi connectivity index (χ2v) is 6.16. The zero-order valence-electron chi connectivity index (χ0n) is 12.9. The highest BCUT2D eigenvalue weighted by atomic mass is 16.4. The van der Waals surface area contributed by atoms with Gasteiger partial charge in [-0.3, -0.25) is 14.5 Å². The molecule has 0 saturated carbocycles. The number of imide groups is 1. The van der Waals surface area contributed by atoms with E-state index in [1.807, 2.05) is 0 Å². The lowest BCUT2D eigenvalue weighted by Crippen LogP contribution is -2.37. The summed E-state index contributed by atoms with van der Waals surface area (Å²) >= 11 is 0. The molecule has 0 atom stereocenters. The quantitative estimate of drug-likeness (QED) is 0.866. The van der Waals surface area contributed by atoms with Gasteiger partial charge in [0.15, 0.2) is 0 Å². The third-order valence-electron chi connectivity index (χ3n) is 4.76. The van der Waals surface area contributed by atoms with Gasteiger partial charge in [0.05, 0.1) is 11.1 Å². The van der Waals surface area contributed by atoms with Gasteiger partial charge in [-0.25, -0.2) is 4.79 Å². The second-order valence-electron chi connectivity index (χ2n) is 6.16. The molecule has 2 aliphatic heterocycles. The van der Waals surface area contributed by atoms with Crippen LogP contribution in [0.5, 0.6) is 0 Å². The lowest BCUT2D eigenvalue weighted by Gasteiger charge is -2.30. The second kappa shape index (κ2) is 6.40. The van der Waals surface area contributed by atoms with Crippen molar-refractivity contribution in [3.63, 3.8) is 0 Å². The summed E-state index contributed by atoms with van der Waals surface area (Å²) < 4.78 is 0. The van der Waals surface area contributed by atoms with Crippen LogP contribution in [-0.4, -0.2) is 52.4 Å². The molecule has 0 aromatic heterocycles. The smallest absolute Gasteiger partial charge is 0.407 e. The van der Waals surface area contributed by atoms with E-state index in [0.717, 1.165) is 25.7 Å². The summed E-state index contributed by atoms with van der Waals surface area (Å²) in [7, 11) is 0. The third-order valence-corrected chi connectivity index (χ3v) is 4.76. The van der Waals surface area contributed by atoms with E-state index in [4.69, 9.17) is 5.11 Å². The van der Waals surface area contributed by atoms with Crippen molar-refractivity contribution in [2.24, 2.45) is 5.92 Å². The molecule has 1 aromatic rings. The molecule has 1 N–H and O–H groups in total. The highest BCUT2D eigenvalue weighted by molar-refractivity contribution is 6.21. The van der Waals surface area contributed by atoms with E-state index in [-0.39, 0.29) is 11.8 Å². The first-order valence-electron chi connectivity index (χ1n) is 8.01. The number of benzene rings is 1. The summed E-state index contributed by atoms with van der Waals surface area (Å²) in [6.45, 7) is 1.59. The molecule has 1 aromatic carbocycles. The summed E-state index contributed by atoms with van der Waals surface area (Å²) in [4.78, 5) is 38.1. The molecule has 3 amide bonds. The van der Waals surface area contributed by atoms with Gasteiger partial charge in [-0.15, -0.1) is 0 Å². The average Bonchev–Trinajstić information content (AvgIpc) is 2.81. The van der Waals surface area contributed by atoms with Gasteiger partial charge in [0.2, 0.25) is 0 Å². The lowest BCUT2D eigenvalue weighted by molar-refractivity contribution is 0.0645. The van der Waals surface area contributed by atoms with E-state index in [1.165, 1.54) is 9.80 Å². The Bertz CT molecular complexity index is 600. The van der Waals surface area contributed by atoms with Crippen molar-refractivity contribution in [2.45, 2.75) is 25.7 Å². The van der Waals surface area contributed by atoms with Gasteiger partial charge in [0, 0.05) is 19.6 Å². The molecule has 122 valence electrons. The Morgan fingerprint density at radius 2 is 1.65 bits per heavy atom. The molecule has 0 radical (unpaired) electrons. The molecule has 6 heteroatoms. The van der Waals surface area contributed by atoms with Crippen LogP contribution in [-0.2, 0) is 0 Å². The number of fused-ring (bicyclic) bond motifs is 1. The van der Waals surface area contributed by atoms with Gasteiger partial charge in [-0.2, -0.15) is 0 Å². The van der Waals surface area contributed by atoms with Crippen LogP contribution in [0.15, 0.2) is 24.3 Å². The lowest BCUT2D eigenvalue weighted by atomic mass is 9.92. The number of likely N-dealkylation sites (tertiary alicyclic amines) is 1. The fourth-order valence-electron chi connectivity index (χ4n) is 3.39. The molecule has 1 fully saturated rings. The maximum atomic E-state index is 12.2. The van der Waals surface area contributed by atoms with Crippen molar-refractivity contribution in [1.82, 2.24) is 9.80 Å². The topological polar surface area (TPSA) is 77.9 Å². The average molecular weight is 316 g/mol. The molecule has 3 rings (SSSR count). The fraction of sp³-hybridized carbons (Fsp3) is 0.471. The van der Waals surface area contributed by atoms with E-state index >= 15 is 0 Å². The molecule has 2 heterocycles. The van der Waals surface area contributed by atoms with Crippen LogP contribution in [0, 0.1) is 5.92 Å². The van der Waals surface area contributed by atoms with Crippen LogP contribution in [0.2, 0.25) is 0 Å². The standard InChI is InChI=1S/C17H20N2O4/c20-15-13-5-1-2-6-14(13)16(21)19(15)9-3-4-12-7-10-18(11-8-12)17(22)23/h1-2,5-6,12H,3-4,7-11H2,(H,22,23). The first kappa shape index (κ1) is 15.5. The Kier molecular flexibility index (Phi) is 4.32. The number of carbonyl (C=O) groups is 3. The summed E-state index contributed by atoms with van der Waals surface area (Å²) in [5.74, 6) is 0.0679. The summed E-state index contributed by atoms with van der Waals surface area (Å²) in [6.07, 6.45) is 2.54. The fourth-order valence-corrected chi connectivity index (χ4v) is 3.39. The first-order valence-corrected chi connectivity index (χ1v) is 8.01. The highest BCUT2D eigenvalue weighted by Crippen LogP contribution is 2.25. The molecule has 0 unspecified atom stereocenters. The van der Waals surface area contributed by atoms with Gasteiger partial charge in [0.25, 0.3) is 11.8 Å². The number of piperidine rings is 1. The van der Waals surface area contributed by atoms with Gasteiger partial charge in [-0.05, 0) is 43.7 Å². The molecule has 0 bridgehead atoms. The van der Waals surface area contributed by atoms with Gasteiger partial charge in [0.1, 0.15) is 0 Å². The SMILES string of the molecule is O=C(O)N1CCC(CCCN2C(=O)c3ccccc3C2=O)CC1. The first-order chi connectivity index (χ1) is 11.1. The predicted octanol–water partition coefficient (Wildman–Crippen LogP) is 2.45. The molecule has 23 heavy (non-hydrogen) atoms. The Hall–Kier alpha value is -2.37.